The summed E-state index contributed by atoms with van der Waals surface area (Å²) >= 11 is 0. The Kier molecular flexibility index (Phi) is 3.23. The highest BCUT2D eigenvalue weighted by atomic mass is 16.5. The maximum absolute atomic E-state index is 12.3. The largest absolute Gasteiger partial charge is 0.478 e. The van der Waals surface area contributed by atoms with Gasteiger partial charge in [0.05, 0.1) is 11.3 Å². The minimum absolute atomic E-state index is 0.202. The fraction of sp³-hybridized carbons (Fsp3) is 0.143. The number of rotatable bonds is 2. The van der Waals surface area contributed by atoms with Crippen LogP contribution < -0.4 is 15.4 Å². The Morgan fingerprint density at radius 3 is 2.81 bits per heavy atom. The van der Waals surface area contributed by atoms with Crippen LogP contribution in [0.2, 0.25) is 0 Å². The number of benzene rings is 1. The third kappa shape index (κ3) is 2.53. The number of hydrogen-bond acceptors (Lipinski definition) is 5. The monoisotopic (exact) mass is 284 g/mol. The summed E-state index contributed by atoms with van der Waals surface area (Å²) in [5, 5.41) is 5.27. The molecule has 0 spiro atoms. The fourth-order valence-corrected chi connectivity index (χ4v) is 1.94. The lowest BCUT2D eigenvalue weighted by molar-refractivity contribution is -0.122. The maximum Gasteiger partial charge on any atom is 0.265 e. The first kappa shape index (κ1) is 13.0. The lowest BCUT2D eigenvalue weighted by Crippen LogP contribution is -2.35. The molecule has 0 aliphatic carbocycles. The Balaban J connectivity index is 1.91. The van der Waals surface area contributed by atoms with Gasteiger partial charge in [0.1, 0.15) is 0 Å². The van der Waals surface area contributed by atoms with Crippen LogP contribution in [-0.4, -0.2) is 27.9 Å². The molecule has 2 N–H and O–H groups in total. The zero-order valence-electron chi connectivity index (χ0n) is 11.2. The first-order valence-corrected chi connectivity index (χ1v) is 6.34. The Hall–Kier alpha value is -2.96. The third-order valence-electron chi connectivity index (χ3n) is 2.97. The van der Waals surface area contributed by atoms with Crippen LogP contribution in [0.4, 0.5) is 11.6 Å². The molecule has 0 saturated carbocycles. The molecule has 1 aliphatic rings. The highest BCUT2D eigenvalue weighted by Gasteiger charge is 2.27. The molecular weight excluding hydrogens is 272 g/mol. The van der Waals surface area contributed by atoms with Crippen molar-refractivity contribution in [1.82, 2.24) is 9.97 Å². The van der Waals surface area contributed by atoms with Crippen LogP contribution in [0, 0.1) is 0 Å². The molecule has 7 nitrogen and oxygen atoms in total. The number of ether oxygens (including phenoxy) is 1. The van der Waals surface area contributed by atoms with E-state index in [0.717, 1.165) is 0 Å². The molecule has 1 unspecified atom stereocenters. The van der Waals surface area contributed by atoms with Gasteiger partial charge in [0, 0.05) is 12.4 Å². The van der Waals surface area contributed by atoms with Gasteiger partial charge in [0.25, 0.3) is 11.8 Å². The van der Waals surface area contributed by atoms with Crippen molar-refractivity contribution in [3.05, 3.63) is 42.2 Å². The number of amides is 2. The Morgan fingerprint density at radius 1 is 1.29 bits per heavy atom. The molecule has 2 amide bonds. The van der Waals surface area contributed by atoms with Crippen LogP contribution in [0.25, 0.3) is 0 Å². The predicted molar refractivity (Wildman–Crippen MR) is 75.1 cm³/mol. The van der Waals surface area contributed by atoms with Crippen molar-refractivity contribution in [3.63, 3.8) is 0 Å². The average molecular weight is 284 g/mol. The summed E-state index contributed by atoms with van der Waals surface area (Å²) in [4.78, 5) is 31.7. The molecule has 1 atom stereocenters. The SMILES string of the molecule is CC1Oc2c(cccc2C(=O)Nc2ncccn2)NC1=O. The van der Waals surface area contributed by atoms with Crippen LogP contribution in [0.1, 0.15) is 17.3 Å². The van der Waals surface area contributed by atoms with Crippen molar-refractivity contribution in [2.75, 3.05) is 10.6 Å². The molecule has 0 saturated heterocycles. The van der Waals surface area contributed by atoms with E-state index in [1.807, 2.05) is 0 Å². The van der Waals surface area contributed by atoms with Gasteiger partial charge in [0.2, 0.25) is 5.95 Å². The van der Waals surface area contributed by atoms with Gasteiger partial charge in [-0.25, -0.2) is 9.97 Å². The van der Waals surface area contributed by atoms with Gasteiger partial charge in [0.15, 0.2) is 11.9 Å². The second-order valence-electron chi connectivity index (χ2n) is 4.46. The Labute approximate surface area is 120 Å². The van der Waals surface area contributed by atoms with Crippen LogP contribution in [0.3, 0.4) is 0 Å². The minimum atomic E-state index is -0.653. The topological polar surface area (TPSA) is 93.2 Å². The molecule has 3 rings (SSSR count). The number of aromatic nitrogens is 2. The van der Waals surface area contributed by atoms with Crippen molar-refractivity contribution in [2.24, 2.45) is 0 Å². The number of nitrogens with one attached hydrogen (secondary N) is 2. The van der Waals surface area contributed by atoms with E-state index < -0.39 is 12.0 Å². The molecule has 0 radical (unpaired) electrons. The minimum Gasteiger partial charge on any atom is -0.478 e. The summed E-state index contributed by atoms with van der Waals surface area (Å²) in [6.45, 7) is 1.62. The number of nitrogens with zero attached hydrogens (tertiary/aromatic N) is 2. The molecule has 106 valence electrons. The third-order valence-corrected chi connectivity index (χ3v) is 2.97. The van der Waals surface area contributed by atoms with Crippen LogP contribution in [0.5, 0.6) is 5.75 Å². The molecule has 0 bridgehead atoms. The van der Waals surface area contributed by atoms with E-state index in [-0.39, 0.29) is 11.9 Å². The van der Waals surface area contributed by atoms with Crippen molar-refractivity contribution in [3.8, 4) is 5.75 Å². The van der Waals surface area contributed by atoms with Gasteiger partial charge >= 0.3 is 0 Å². The number of carbonyl (C=O) groups excluding carboxylic acids is 2. The van der Waals surface area contributed by atoms with Crippen LogP contribution in [0.15, 0.2) is 36.7 Å². The quantitative estimate of drug-likeness (QED) is 0.870. The molecule has 2 aromatic rings. The van der Waals surface area contributed by atoms with Gasteiger partial charge in [-0.1, -0.05) is 6.07 Å². The van der Waals surface area contributed by atoms with Gasteiger partial charge < -0.3 is 10.1 Å². The second-order valence-corrected chi connectivity index (χ2v) is 4.46. The standard InChI is InChI=1S/C14H12N4O3/c1-8-12(19)17-10-5-2-4-9(11(10)21-8)13(20)18-14-15-6-3-7-16-14/h2-8H,1H3,(H,17,19)(H,15,16,18,20). The molecule has 7 heteroatoms. The lowest BCUT2D eigenvalue weighted by Gasteiger charge is -2.24. The summed E-state index contributed by atoms with van der Waals surface area (Å²) in [7, 11) is 0. The smallest absolute Gasteiger partial charge is 0.265 e. The van der Waals surface area contributed by atoms with Crippen molar-refractivity contribution in [1.29, 1.82) is 0 Å². The van der Waals surface area contributed by atoms with Crippen LogP contribution >= 0.6 is 0 Å². The number of carbonyl (C=O) groups is 2. The molecule has 1 aromatic heterocycles. The maximum atomic E-state index is 12.3. The lowest BCUT2D eigenvalue weighted by atomic mass is 10.1. The predicted octanol–water partition coefficient (Wildman–Crippen LogP) is 1.45. The van der Waals surface area contributed by atoms with E-state index in [1.54, 1.807) is 31.2 Å². The number of anilines is 2. The van der Waals surface area contributed by atoms with E-state index in [9.17, 15) is 9.59 Å². The summed E-state index contributed by atoms with van der Waals surface area (Å²) in [6, 6.07) is 6.61. The molecular formula is C14H12N4O3. The van der Waals surface area contributed by atoms with E-state index in [0.29, 0.717) is 17.0 Å². The van der Waals surface area contributed by atoms with Gasteiger partial charge in [-0.05, 0) is 25.1 Å². The first-order valence-electron chi connectivity index (χ1n) is 6.34. The number of hydrogen-bond donors (Lipinski definition) is 2. The second kappa shape index (κ2) is 5.20. The Bertz CT molecular complexity index is 703. The molecule has 1 aliphatic heterocycles. The van der Waals surface area contributed by atoms with Crippen molar-refractivity contribution in [2.45, 2.75) is 13.0 Å². The van der Waals surface area contributed by atoms with Crippen molar-refractivity contribution < 1.29 is 14.3 Å². The summed E-state index contributed by atoms with van der Waals surface area (Å²) in [5.41, 5.74) is 0.784. The molecule has 2 heterocycles. The van der Waals surface area contributed by atoms with E-state index in [4.69, 9.17) is 4.74 Å². The Morgan fingerprint density at radius 2 is 2.05 bits per heavy atom. The zero-order chi connectivity index (χ0) is 14.8. The van der Waals surface area contributed by atoms with Gasteiger partial charge in [-0.2, -0.15) is 0 Å². The summed E-state index contributed by atoms with van der Waals surface area (Å²) in [5.74, 6) is -0.0983. The fourth-order valence-electron chi connectivity index (χ4n) is 1.94. The van der Waals surface area contributed by atoms with E-state index >= 15 is 0 Å². The van der Waals surface area contributed by atoms with Gasteiger partial charge in [-0.3, -0.25) is 14.9 Å². The number of fused-ring (bicyclic) bond motifs is 1. The molecule has 21 heavy (non-hydrogen) atoms. The van der Waals surface area contributed by atoms with E-state index in [1.165, 1.54) is 12.4 Å². The van der Waals surface area contributed by atoms with E-state index in [2.05, 4.69) is 20.6 Å². The average Bonchev–Trinajstić information content (AvgIpc) is 2.49. The molecule has 1 aromatic carbocycles. The summed E-state index contributed by atoms with van der Waals surface area (Å²) in [6.07, 6.45) is 2.41. The zero-order valence-corrected chi connectivity index (χ0v) is 11.2. The first-order chi connectivity index (χ1) is 10.1. The highest BCUT2D eigenvalue weighted by molar-refractivity contribution is 6.08. The highest BCUT2D eigenvalue weighted by Crippen LogP contribution is 2.33. The number of para-hydroxylation sites is 1. The molecule has 0 fully saturated rings. The van der Waals surface area contributed by atoms with Crippen LogP contribution in [-0.2, 0) is 4.79 Å². The summed E-state index contributed by atoms with van der Waals surface area (Å²) < 4.78 is 5.52. The normalized spacial score (nSPS) is 16.4. The van der Waals surface area contributed by atoms with Gasteiger partial charge in [-0.15, -0.1) is 0 Å². The van der Waals surface area contributed by atoms with Crippen molar-refractivity contribution >= 4 is 23.5 Å².